The first-order valence-corrected chi connectivity index (χ1v) is 11.2. The van der Waals surface area contributed by atoms with Gasteiger partial charge in [-0.2, -0.15) is 0 Å². The Morgan fingerprint density at radius 1 is 0.630 bits per heavy atom. The highest BCUT2D eigenvalue weighted by Crippen LogP contribution is 2.56. The van der Waals surface area contributed by atoms with Gasteiger partial charge in [-0.25, -0.2) is 0 Å². The molecule has 0 spiro atoms. The number of benzene rings is 3. The Kier molecular flexibility index (Phi) is 7.20. The fraction of sp³-hybridized carbons (Fsp3) is 0.217. The van der Waals surface area contributed by atoms with Crippen LogP contribution in [-0.2, 0) is 9.47 Å². The molecule has 4 heteroatoms. The van der Waals surface area contributed by atoms with Gasteiger partial charge in [0.1, 0.15) is 23.2 Å². The lowest BCUT2D eigenvalue weighted by Crippen LogP contribution is -3.00. The van der Waals surface area contributed by atoms with Crippen LogP contribution in [0.5, 0.6) is 0 Å². The quantitative estimate of drug-likeness (QED) is 0.524. The van der Waals surface area contributed by atoms with Crippen molar-refractivity contribution in [3.63, 3.8) is 0 Å². The molecule has 0 aliphatic carbocycles. The van der Waals surface area contributed by atoms with Gasteiger partial charge in [-0.05, 0) is 36.4 Å². The fourth-order valence-electron chi connectivity index (χ4n) is 3.75. The van der Waals surface area contributed by atoms with Crippen molar-refractivity contribution in [2.45, 2.75) is 12.7 Å². The number of hydrogen-bond donors (Lipinski definition) is 0. The molecule has 1 aliphatic rings. The maximum atomic E-state index is 5.75. The summed E-state index contributed by atoms with van der Waals surface area (Å²) >= 11 is 0. The standard InChI is InChI=1S/C23H24O2P.BrH/c1-4-10-20(11-5-1)26(21-12-6-2-7-13-21,22-14-8-3-9-15-22)19-16-23-24-17-18-25-23;/h1-15,23H,16-19H2;1H/q+1;/p-1. The zero-order valence-corrected chi connectivity index (χ0v) is 17.7. The van der Waals surface area contributed by atoms with Crippen LogP contribution < -0.4 is 32.9 Å². The van der Waals surface area contributed by atoms with E-state index in [1.54, 1.807) is 0 Å². The molecule has 0 atom stereocenters. The molecule has 1 heterocycles. The third kappa shape index (κ3) is 4.33. The van der Waals surface area contributed by atoms with Crippen molar-refractivity contribution >= 4 is 23.2 Å². The van der Waals surface area contributed by atoms with Gasteiger partial charge in [0.05, 0.1) is 19.4 Å². The average molecular weight is 443 g/mol. The Hall–Kier alpha value is -1.51. The van der Waals surface area contributed by atoms with E-state index < -0.39 is 7.26 Å². The Bertz CT molecular complexity index is 709. The molecule has 4 rings (SSSR count). The number of ether oxygens (including phenoxy) is 2. The monoisotopic (exact) mass is 442 g/mol. The predicted octanol–water partition coefficient (Wildman–Crippen LogP) is 0.748. The Morgan fingerprint density at radius 3 is 1.37 bits per heavy atom. The van der Waals surface area contributed by atoms with E-state index in [0.29, 0.717) is 13.2 Å². The third-order valence-electron chi connectivity index (χ3n) is 4.98. The SMILES string of the molecule is [Br-].c1ccc([P+](CCC2OCCO2)(c2ccccc2)c2ccccc2)cc1. The maximum absolute atomic E-state index is 5.75. The van der Waals surface area contributed by atoms with Crippen LogP contribution in [0.1, 0.15) is 6.42 Å². The molecule has 0 radical (unpaired) electrons. The van der Waals surface area contributed by atoms with Gasteiger partial charge in [0.2, 0.25) is 0 Å². The Balaban J connectivity index is 0.00000210. The second-order valence-corrected chi connectivity index (χ2v) is 10.1. The molecule has 0 amide bonds. The van der Waals surface area contributed by atoms with Crippen molar-refractivity contribution in [2.24, 2.45) is 0 Å². The second kappa shape index (κ2) is 9.61. The average Bonchev–Trinajstić information content (AvgIpc) is 3.25. The minimum Gasteiger partial charge on any atom is -1.00 e. The van der Waals surface area contributed by atoms with Crippen LogP contribution in [-0.4, -0.2) is 25.7 Å². The zero-order chi connectivity index (χ0) is 17.7. The van der Waals surface area contributed by atoms with Crippen LogP contribution in [0.2, 0.25) is 0 Å². The lowest BCUT2D eigenvalue weighted by molar-refractivity contribution is -0.0423. The van der Waals surface area contributed by atoms with Crippen LogP contribution >= 0.6 is 7.26 Å². The van der Waals surface area contributed by atoms with Gasteiger partial charge in [-0.1, -0.05) is 54.6 Å². The molecule has 0 N–H and O–H groups in total. The smallest absolute Gasteiger partial charge is 0.161 e. The molecule has 0 bridgehead atoms. The molecular weight excluding hydrogens is 419 g/mol. The van der Waals surface area contributed by atoms with E-state index in [4.69, 9.17) is 9.47 Å². The van der Waals surface area contributed by atoms with Gasteiger partial charge >= 0.3 is 0 Å². The maximum Gasteiger partial charge on any atom is 0.161 e. The van der Waals surface area contributed by atoms with Crippen LogP contribution in [0.25, 0.3) is 0 Å². The summed E-state index contributed by atoms with van der Waals surface area (Å²) in [5, 5.41) is 4.24. The highest BCUT2D eigenvalue weighted by molar-refractivity contribution is 7.95. The van der Waals surface area contributed by atoms with Gasteiger partial charge in [0.15, 0.2) is 6.29 Å². The van der Waals surface area contributed by atoms with E-state index >= 15 is 0 Å². The summed E-state index contributed by atoms with van der Waals surface area (Å²) in [6.45, 7) is 1.41. The van der Waals surface area contributed by atoms with Gasteiger partial charge in [0, 0.05) is 6.42 Å². The molecule has 3 aromatic carbocycles. The first-order chi connectivity index (χ1) is 12.9. The minimum atomic E-state index is -1.77. The van der Waals surface area contributed by atoms with Gasteiger partial charge in [-0.15, -0.1) is 0 Å². The van der Waals surface area contributed by atoms with Crippen molar-refractivity contribution in [3.05, 3.63) is 91.0 Å². The number of halogens is 1. The number of hydrogen-bond acceptors (Lipinski definition) is 2. The van der Waals surface area contributed by atoms with E-state index in [2.05, 4.69) is 91.0 Å². The highest BCUT2D eigenvalue weighted by atomic mass is 79.9. The minimum absolute atomic E-state index is 0. The van der Waals surface area contributed by atoms with Crippen molar-refractivity contribution < 1.29 is 26.5 Å². The van der Waals surface area contributed by atoms with Crippen LogP contribution in [0.15, 0.2) is 91.0 Å². The largest absolute Gasteiger partial charge is 1.00 e. The molecule has 1 aliphatic heterocycles. The molecule has 0 saturated carbocycles. The van der Waals surface area contributed by atoms with Crippen LogP contribution in [0, 0.1) is 0 Å². The Labute approximate surface area is 172 Å². The molecule has 0 unspecified atom stereocenters. The van der Waals surface area contributed by atoms with Crippen LogP contribution in [0.4, 0.5) is 0 Å². The lowest BCUT2D eigenvalue weighted by Gasteiger charge is -2.28. The van der Waals surface area contributed by atoms with Gasteiger partial charge in [-0.3, -0.25) is 0 Å². The molecule has 2 nitrogen and oxygen atoms in total. The van der Waals surface area contributed by atoms with E-state index in [0.717, 1.165) is 12.6 Å². The van der Waals surface area contributed by atoms with Crippen molar-refractivity contribution in [3.8, 4) is 0 Å². The second-order valence-electron chi connectivity index (χ2n) is 6.50. The molecule has 27 heavy (non-hydrogen) atoms. The van der Waals surface area contributed by atoms with E-state index in [9.17, 15) is 0 Å². The van der Waals surface area contributed by atoms with Crippen molar-refractivity contribution in [2.75, 3.05) is 19.4 Å². The predicted molar refractivity (Wildman–Crippen MR) is 110 cm³/mol. The van der Waals surface area contributed by atoms with E-state index in [1.807, 2.05) is 0 Å². The zero-order valence-electron chi connectivity index (χ0n) is 15.2. The normalized spacial score (nSPS) is 14.7. The van der Waals surface area contributed by atoms with Gasteiger partial charge in [0.25, 0.3) is 0 Å². The lowest BCUT2D eigenvalue weighted by atomic mass is 10.3. The molecule has 0 aromatic heterocycles. The fourth-order valence-corrected chi connectivity index (χ4v) is 8.07. The molecule has 1 saturated heterocycles. The first-order valence-electron chi connectivity index (χ1n) is 9.18. The summed E-state index contributed by atoms with van der Waals surface area (Å²) in [5.41, 5.74) is 0. The summed E-state index contributed by atoms with van der Waals surface area (Å²) in [6, 6.07) is 32.9. The van der Waals surface area contributed by atoms with Crippen LogP contribution in [0.3, 0.4) is 0 Å². The molecular formula is C23H24BrO2P. The molecule has 3 aromatic rings. The van der Waals surface area contributed by atoms with E-state index in [-0.39, 0.29) is 23.3 Å². The molecule has 1 fully saturated rings. The first kappa shape index (κ1) is 20.2. The summed E-state index contributed by atoms with van der Waals surface area (Å²) in [7, 11) is -1.77. The topological polar surface area (TPSA) is 18.5 Å². The highest BCUT2D eigenvalue weighted by Gasteiger charge is 2.45. The third-order valence-corrected chi connectivity index (χ3v) is 9.45. The summed E-state index contributed by atoms with van der Waals surface area (Å²) < 4.78 is 11.5. The van der Waals surface area contributed by atoms with Crippen molar-refractivity contribution in [1.82, 2.24) is 0 Å². The van der Waals surface area contributed by atoms with E-state index in [1.165, 1.54) is 15.9 Å². The number of rotatable bonds is 6. The van der Waals surface area contributed by atoms with Crippen molar-refractivity contribution in [1.29, 1.82) is 0 Å². The Morgan fingerprint density at radius 2 is 1.00 bits per heavy atom. The summed E-state index contributed by atoms with van der Waals surface area (Å²) in [4.78, 5) is 0. The van der Waals surface area contributed by atoms with Gasteiger partial charge < -0.3 is 26.5 Å². The summed E-state index contributed by atoms with van der Waals surface area (Å²) in [6.07, 6.45) is 1.87. The molecule has 140 valence electrons. The summed E-state index contributed by atoms with van der Waals surface area (Å²) in [5.74, 6) is 0.